The Morgan fingerprint density at radius 1 is 0.972 bits per heavy atom. The normalized spacial score (nSPS) is 14.4. The van der Waals surface area contributed by atoms with E-state index in [0.29, 0.717) is 48.6 Å². The summed E-state index contributed by atoms with van der Waals surface area (Å²) in [6.45, 7) is 2.69. The van der Waals surface area contributed by atoms with E-state index in [0.717, 1.165) is 17.8 Å². The fraction of sp³-hybridized carbons (Fsp3) is 0.296. The van der Waals surface area contributed by atoms with E-state index in [9.17, 15) is 22.8 Å². The SMILES string of the molecule is COc1ccc(NC(=O)c2ccc(C)nc2C2CCN(C(=O)c3ccc(C(F)(F)F)cc3)CC2)cc1. The van der Waals surface area contributed by atoms with Gasteiger partial charge in [0.1, 0.15) is 5.75 Å². The number of aromatic nitrogens is 1. The fourth-order valence-corrected chi connectivity index (χ4v) is 4.29. The summed E-state index contributed by atoms with van der Waals surface area (Å²) in [5.41, 5.74) is 2.00. The lowest BCUT2D eigenvalue weighted by atomic mass is 9.89. The molecule has 9 heteroatoms. The number of hydrogen-bond donors (Lipinski definition) is 1. The summed E-state index contributed by atoms with van der Waals surface area (Å²) in [6.07, 6.45) is -3.27. The van der Waals surface area contributed by atoms with Crippen LogP contribution < -0.4 is 10.1 Å². The fourth-order valence-electron chi connectivity index (χ4n) is 4.29. The lowest BCUT2D eigenvalue weighted by molar-refractivity contribution is -0.137. The van der Waals surface area contributed by atoms with Crippen molar-refractivity contribution in [3.05, 3.63) is 88.7 Å². The zero-order valence-electron chi connectivity index (χ0n) is 19.9. The van der Waals surface area contributed by atoms with E-state index in [4.69, 9.17) is 4.74 Å². The topological polar surface area (TPSA) is 71.5 Å². The number of methoxy groups -OCH3 is 1. The molecule has 1 fully saturated rings. The molecule has 0 spiro atoms. The standard InChI is InChI=1S/C27H26F3N3O3/c1-17-3-12-23(25(34)32-21-8-10-22(36-2)11-9-21)24(31-17)18-13-15-33(16-14-18)26(35)19-4-6-20(7-5-19)27(28,29)30/h3-12,18H,13-16H2,1-2H3,(H,32,34). The molecule has 1 aliphatic rings. The van der Waals surface area contributed by atoms with Crippen molar-refractivity contribution in [3.63, 3.8) is 0 Å². The molecule has 1 aliphatic heterocycles. The van der Waals surface area contributed by atoms with Gasteiger partial charge in [0.25, 0.3) is 11.8 Å². The third-order valence-electron chi connectivity index (χ3n) is 6.28. The van der Waals surface area contributed by atoms with Gasteiger partial charge in [-0.1, -0.05) is 0 Å². The van der Waals surface area contributed by atoms with Gasteiger partial charge in [0, 0.05) is 36.0 Å². The largest absolute Gasteiger partial charge is 0.497 e. The van der Waals surface area contributed by atoms with Crippen molar-refractivity contribution < 1.29 is 27.5 Å². The van der Waals surface area contributed by atoms with Gasteiger partial charge in [-0.25, -0.2) is 0 Å². The summed E-state index contributed by atoms with van der Waals surface area (Å²) in [5.74, 6) is 0.0734. The van der Waals surface area contributed by atoms with Gasteiger partial charge < -0.3 is 15.0 Å². The highest BCUT2D eigenvalue weighted by atomic mass is 19.4. The van der Waals surface area contributed by atoms with Gasteiger partial charge in [-0.15, -0.1) is 0 Å². The number of carbonyl (C=O) groups is 2. The Morgan fingerprint density at radius 2 is 1.61 bits per heavy atom. The second-order valence-corrected chi connectivity index (χ2v) is 8.71. The summed E-state index contributed by atoms with van der Waals surface area (Å²) >= 11 is 0. The van der Waals surface area contributed by atoms with E-state index in [-0.39, 0.29) is 23.3 Å². The van der Waals surface area contributed by atoms with Crippen molar-refractivity contribution in [3.8, 4) is 5.75 Å². The van der Waals surface area contributed by atoms with Crippen LogP contribution in [0.25, 0.3) is 0 Å². The number of rotatable bonds is 5. The first kappa shape index (κ1) is 25.2. The van der Waals surface area contributed by atoms with Crippen LogP contribution in [0.15, 0.2) is 60.7 Å². The van der Waals surface area contributed by atoms with E-state index in [1.54, 1.807) is 48.4 Å². The summed E-state index contributed by atoms with van der Waals surface area (Å²) in [6, 6.07) is 14.8. The Morgan fingerprint density at radius 3 is 2.19 bits per heavy atom. The zero-order chi connectivity index (χ0) is 25.9. The first-order chi connectivity index (χ1) is 17.2. The lowest BCUT2D eigenvalue weighted by Crippen LogP contribution is -2.38. The number of halogens is 3. The molecule has 0 atom stereocenters. The lowest BCUT2D eigenvalue weighted by Gasteiger charge is -2.32. The first-order valence-corrected chi connectivity index (χ1v) is 11.5. The van der Waals surface area contributed by atoms with Crippen LogP contribution in [0.2, 0.25) is 0 Å². The average molecular weight is 498 g/mol. The smallest absolute Gasteiger partial charge is 0.416 e. The highest BCUT2D eigenvalue weighted by molar-refractivity contribution is 6.05. The van der Waals surface area contributed by atoms with Crippen molar-refractivity contribution in [1.29, 1.82) is 0 Å². The summed E-state index contributed by atoms with van der Waals surface area (Å²) < 4.78 is 43.6. The van der Waals surface area contributed by atoms with Crippen molar-refractivity contribution in [1.82, 2.24) is 9.88 Å². The van der Waals surface area contributed by atoms with E-state index in [1.807, 2.05) is 6.92 Å². The highest BCUT2D eigenvalue weighted by Gasteiger charge is 2.31. The molecule has 4 rings (SSSR count). The van der Waals surface area contributed by atoms with Crippen molar-refractivity contribution in [2.24, 2.45) is 0 Å². The molecule has 1 saturated heterocycles. The molecule has 2 aromatic carbocycles. The molecular weight excluding hydrogens is 471 g/mol. The van der Waals surface area contributed by atoms with E-state index >= 15 is 0 Å². The number of alkyl halides is 3. The van der Waals surface area contributed by atoms with Gasteiger partial charge in [-0.3, -0.25) is 14.6 Å². The minimum atomic E-state index is -4.45. The molecule has 188 valence electrons. The van der Waals surface area contributed by atoms with E-state index < -0.39 is 11.7 Å². The first-order valence-electron chi connectivity index (χ1n) is 11.5. The van der Waals surface area contributed by atoms with Crippen LogP contribution in [0.1, 0.15) is 56.4 Å². The Hall–Kier alpha value is -3.88. The van der Waals surface area contributed by atoms with Crippen LogP contribution in [0, 0.1) is 6.92 Å². The van der Waals surface area contributed by atoms with Gasteiger partial charge in [-0.2, -0.15) is 13.2 Å². The molecule has 36 heavy (non-hydrogen) atoms. The quantitative estimate of drug-likeness (QED) is 0.492. The van der Waals surface area contributed by atoms with Crippen molar-refractivity contribution in [2.75, 3.05) is 25.5 Å². The molecule has 3 aromatic rings. The number of anilines is 1. The molecule has 0 aliphatic carbocycles. The highest BCUT2D eigenvalue weighted by Crippen LogP contribution is 2.32. The minimum Gasteiger partial charge on any atom is -0.497 e. The van der Waals surface area contributed by atoms with Crippen molar-refractivity contribution >= 4 is 17.5 Å². The molecule has 2 heterocycles. The Labute approximate surface area is 207 Å². The van der Waals surface area contributed by atoms with Crippen molar-refractivity contribution in [2.45, 2.75) is 31.9 Å². The maximum atomic E-state index is 13.1. The Bertz CT molecular complexity index is 1230. The molecule has 0 radical (unpaired) electrons. The Balaban J connectivity index is 1.44. The molecule has 0 saturated carbocycles. The Kier molecular flexibility index (Phi) is 7.28. The molecular formula is C27H26F3N3O3. The van der Waals surface area contributed by atoms with E-state index in [1.165, 1.54) is 12.1 Å². The van der Waals surface area contributed by atoms with Crippen LogP contribution in [-0.4, -0.2) is 41.9 Å². The van der Waals surface area contributed by atoms with Gasteiger partial charge >= 0.3 is 6.18 Å². The predicted octanol–water partition coefficient (Wildman–Crippen LogP) is 5.69. The second-order valence-electron chi connectivity index (χ2n) is 8.71. The molecule has 0 unspecified atom stereocenters. The maximum absolute atomic E-state index is 13.1. The third-order valence-corrected chi connectivity index (χ3v) is 6.28. The zero-order valence-corrected chi connectivity index (χ0v) is 19.9. The number of likely N-dealkylation sites (tertiary alicyclic amines) is 1. The number of amides is 2. The van der Waals surface area contributed by atoms with Gasteiger partial charge in [-0.05, 0) is 80.4 Å². The number of hydrogen-bond acceptors (Lipinski definition) is 4. The van der Waals surface area contributed by atoms with Gasteiger partial charge in [0.15, 0.2) is 0 Å². The number of aryl methyl sites for hydroxylation is 1. The number of nitrogens with zero attached hydrogens (tertiary/aromatic N) is 2. The number of benzene rings is 2. The van der Waals surface area contributed by atoms with Crippen LogP contribution in [0.3, 0.4) is 0 Å². The number of carbonyl (C=O) groups excluding carboxylic acids is 2. The monoisotopic (exact) mass is 497 g/mol. The predicted molar refractivity (Wildman–Crippen MR) is 129 cm³/mol. The molecule has 2 amide bonds. The van der Waals surface area contributed by atoms with Crippen LogP contribution in [0.5, 0.6) is 5.75 Å². The minimum absolute atomic E-state index is 0.0295. The van der Waals surface area contributed by atoms with Crippen LogP contribution in [0.4, 0.5) is 18.9 Å². The maximum Gasteiger partial charge on any atom is 0.416 e. The van der Waals surface area contributed by atoms with Crippen LogP contribution in [-0.2, 0) is 6.18 Å². The van der Waals surface area contributed by atoms with E-state index in [2.05, 4.69) is 10.3 Å². The third kappa shape index (κ3) is 5.67. The second kappa shape index (κ2) is 10.4. The number of nitrogens with one attached hydrogen (secondary N) is 1. The summed E-state index contributed by atoms with van der Waals surface area (Å²) in [5, 5.41) is 2.89. The molecule has 1 N–H and O–H groups in total. The summed E-state index contributed by atoms with van der Waals surface area (Å²) in [7, 11) is 1.57. The molecule has 1 aromatic heterocycles. The number of piperidine rings is 1. The van der Waals surface area contributed by atoms with Crippen LogP contribution >= 0.6 is 0 Å². The summed E-state index contributed by atoms with van der Waals surface area (Å²) in [4.78, 5) is 32.2. The number of pyridine rings is 1. The van der Waals surface area contributed by atoms with Gasteiger partial charge in [0.2, 0.25) is 0 Å². The van der Waals surface area contributed by atoms with Gasteiger partial charge in [0.05, 0.1) is 23.9 Å². The molecule has 0 bridgehead atoms. The average Bonchev–Trinajstić information content (AvgIpc) is 2.88. The number of ether oxygens (including phenoxy) is 1. The molecule has 6 nitrogen and oxygen atoms in total.